The normalized spacial score (nSPS) is 16.6. The molecule has 0 radical (unpaired) electrons. The maximum Gasteiger partial charge on any atom is 0.128 e. The van der Waals surface area contributed by atoms with Crippen LogP contribution in [0.15, 0.2) is 60.8 Å². The Morgan fingerprint density at radius 3 is 2.56 bits per heavy atom. The highest BCUT2D eigenvalue weighted by Gasteiger charge is 2.15. The number of nitrogens with one attached hydrogen (secondary N) is 1. The summed E-state index contributed by atoms with van der Waals surface area (Å²) in [5, 5.41) is 6.25. The first-order valence-electron chi connectivity index (χ1n) is 9.79. The van der Waals surface area contributed by atoms with Gasteiger partial charge < -0.3 is 15.1 Å². The van der Waals surface area contributed by atoms with E-state index in [1.54, 1.807) is 0 Å². The van der Waals surface area contributed by atoms with Gasteiger partial charge in [0.2, 0.25) is 0 Å². The number of benzene rings is 2. The predicted octanol–water partition coefficient (Wildman–Crippen LogP) is 3.84. The molecule has 1 atom stereocenters. The largest absolute Gasteiger partial charge is 0.354 e. The summed E-state index contributed by atoms with van der Waals surface area (Å²) in [7, 11) is 2.18. The minimum absolute atomic E-state index is 0.301. The summed E-state index contributed by atoms with van der Waals surface area (Å²) in [6.45, 7) is 7.37. The van der Waals surface area contributed by atoms with Crippen molar-refractivity contribution in [3.8, 4) is 0 Å². The van der Waals surface area contributed by atoms with E-state index in [0.717, 1.165) is 38.5 Å². The lowest BCUT2D eigenvalue weighted by Crippen LogP contribution is -2.44. The molecule has 4 heteroatoms. The lowest BCUT2D eigenvalue weighted by atomic mass is 10.0. The molecule has 4 nitrogen and oxygen atoms in total. The molecule has 0 amide bonds. The van der Waals surface area contributed by atoms with Gasteiger partial charge in [0.1, 0.15) is 5.82 Å². The molecule has 1 N–H and O–H groups in total. The molecule has 0 unspecified atom stereocenters. The molecule has 0 saturated carbocycles. The summed E-state index contributed by atoms with van der Waals surface area (Å²) in [6, 6.07) is 19.9. The molecule has 2 heterocycles. The Morgan fingerprint density at radius 2 is 1.74 bits per heavy atom. The first-order valence-corrected chi connectivity index (χ1v) is 9.79. The summed E-state index contributed by atoms with van der Waals surface area (Å²) in [5.74, 6) is 1.10. The zero-order chi connectivity index (χ0) is 18.6. The minimum atomic E-state index is 0.301. The van der Waals surface area contributed by atoms with Crippen LogP contribution in [0.25, 0.3) is 10.8 Å². The van der Waals surface area contributed by atoms with Crippen molar-refractivity contribution in [1.29, 1.82) is 0 Å². The van der Waals surface area contributed by atoms with E-state index in [1.165, 1.54) is 21.9 Å². The number of rotatable bonds is 5. The van der Waals surface area contributed by atoms with Gasteiger partial charge in [-0.3, -0.25) is 0 Å². The van der Waals surface area contributed by atoms with Crippen LogP contribution >= 0.6 is 0 Å². The van der Waals surface area contributed by atoms with Crippen LogP contribution in [-0.2, 0) is 6.54 Å². The standard InChI is InChI=1S/C23H28N4/c1-18(21-8-7-20-5-3-4-6-22(20)16-21)25-17-19-9-10-24-23(15-19)27-13-11-26(2)12-14-27/h3-10,15-16,18,25H,11-14,17H2,1-2H3/t18-/m1/s1. The van der Waals surface area contributed by atoms with E-state index in [2.05, 4.69) is 88.7 Å². The van der Waals surface area contributed by atoms with Crippen LogP contribution in [0.2, 0.25) is 0 Å². The second-order valence-electron chi connectivity index (χ2n) is 7.52. The fourth-order valence-corrected chi connectivity index (χ4v) is 3.64. The van der Waals surface area contributed by atoms with Gasteiger partial charge in [-0.05, 0) is 54.1 Å². The Balaban J connectivity index is 1.41. The Kier molecular flexibility index (Phi) is 5.37. The zero-order valence-electron chi connectivity index (χ0n) is 16.2. The van der Waals surface area contributed by atoms with Gasteiger partial charge >= 0.3 is 0 Å². The minimum Gasteiger partial charge on any atom is -0.354 e. The van der Waals surface area contributed by atoms with Crippen LogP contribution in [0.3, 0.4) is 0 Å². The fraction of sp³-hybridized carbons (Fsp3) is 0.348. The summed E-state index contributed by atoms with van der Waals surface area (Å²) < 4.78 is 0. The molecular weight excluding hydrogens is 332 g/mol. The number of anilines is 1. The lowest BCUT2D eigenvalue weighted by molar-refractivity contribution is 0.312. The third-order valence-electron chi connectivity index (χ3n) is 5.52. The molecule has 27 heavy (non-hydrogen) atoms. The van der Waals surface area contributed by atoms with E-state index in [0.29, 0.717) is 6.04 Å². The quantitative estimate of drug-likeness (QED) is 0.749. The predicted molar refractivity (Wildman–Crippen MR) is 113 cm³/mol. The van der Waals surface area contributed by atoms with E-state index in [9.17, 15) is 0 Å². The van der Waals surface area contributed by atoms with Crippen LogP contribution in [-0.4, -0.2) is 43.1 Å². The molecule has 140 valence electrons. The molecule has 0 bridgehead atoms. The Hall–Kier alpha value is -2.43. The van der Waals surface area contributed by atoms with Crippen LogP contribution in [0.4, 0.5) is 5.82 Å². The Bertz CT molecular complexity index is 900. The number of likely N-dealkylation sites (N-methyl/N-ethyl adjacent to an activating group) is 1. The summed E-state index contributed by atoms with van der Waals surface area (Å²) in [6.07, 6.45) is 1.94. The Morgan fingerprint density at radius 1 is 0.963 bits per heavy atom. The van der Waals surface area contributed by atoms with Crippen molar-refractivity contribution < 1.29 is 0 Å². The summed E-state index contributed by atoms with van der Waals surface area (Å²) in [5.41, 5.74) is 2.61. The smallest absolute Gasteiger partial charge is 0.128 e. The molecule has 1 aliphatic heterocycles. The highest BCUT2D eigenvalue weighted by Crippen LogP contribution is 2.21. The number of piperazine rings is 1. The average Bonchev–Trinajstić information content (AvgIpc) is 2.72. The monoisotopic (exact) mass is 360 g/mol. The third kappa shape index (κ3) is 4.29. The van der Waals surface area contributed by atoms with Gasteiger partial charge in [-0.25, -0.2) is 4.98 Å². The van der Waals surface area contributed by atoms with Gasteiger partial charge in [-0.2, -0.15) is 0 Å². The first-order chi connectivity index (χ1) is 13.2. The van der Waals surface area contributed by atoms with Crippen LogP contribution < -0.4 is 10.2 Å². The molecular formula is C23H28N4. The number of aromatic nitrogens is 1. The molecule has 1 aromatic heterocycles. The molecule has 3 aromatic rings. The van der Waals surface area contributed by atoms with Gasteiger partial charge in [0.05, 0.1) is 0 Å². The van der Waals surface area contributed by atoms with Crippen molar-refractivity contribution in [2.24, 2.45) is 0 Å². The van der Waals surface area contributed by atoms with Crippen molar-refractivity contribution in [3.05, 3.63) is 71.9 Å². The van der Waals surface area contributed by atoms with Crippen molar-refractivity contribution in [2.75, 3.05) is 38.1 Å². The van der Waals surface area contributed by atoms with Crippen molar-refractivity contribution in [3.63, 3.8) is 0 Å². The third-order valence-corrected chi connectivity index (χ3v) is 5.52. The van der Waals surface area contributed by atoms with Gasteiger partial charge in [0, 0.05) is 45.0 Å². The van der Waals surface area contributed by atoms with Gasteiger partial charge in [-0.1, -0.05) is 36.4 Å². The molecule has 2 aromatic carbocycles. The SMILES string of the molecule is C[C@@H](NCc1ccnc(N2CCN(C)CC2)c1)c1ccc2ccccc2c1. The van der Waals surface area contributed by atoms with Crippen LogP contribution in [0.1, 0.15) is 24.1 Å². The van der Waals surface area contributed by atoms with Gasteiger partial charge in [-0.15, -0.1) is 0 Å². The van der Waals surface area contributed by atoms with E-state index >= 15 is 0 Å². The number of hydrogen-bond donors (Lipinski definition) is 1. The van der Waals surface area contributed by atoms with Crippen LogP contribution in [0.5, 0.6) is 0 Å². The highest BCUT2D eigenvalue weighted by molar-refractivity contribution is 5.83. The van der Waals surface area contributed by atoms with Gasteiger partial charge in [0.25, 0.3) is 0 Å². The molecule has 4 rings (SSSR count). The van der Waals surface area contributed by atoms with Gasteiger partial charge in [0.15, 0.2) is 0 Å². The number of nitrogens with zero attached hydrogens (tertiary/aromatic N) is 3. The molecule has 1 aliphatic rings. The molecule has 1 fully saturated rings. The number of hydrogen-bond acceptors (Lipinski definition) is 4. The molecule has 1 saturated heterocycles. The molecule has 0 spiro atoms. The van der Waals surface area contributed by atoms with Crippen molar-refractivity contribution in [2.45, 2.75) is 19.5 Å². The van der Waals surface area contributed by atoms with E-state index in [-0.39, 0.29) is 0 Å². The summed E-state index contributed by atoms with van der Waals surface area (Å²) >= 11 is 0. The van der Waals surface area contributed by atoms with E-state index in [1.807, 2.05) is 6.20 Å². The fourth-order valence-electron chi connectivity index (χ4n) is 3.64. The lowest BCUT2D eigenvalue weighted by Gasteiger charge is -2.33. The Labute approximate surface area is 161 Å². The number of pyridine rings is 1. The van der Waals surface area contributed by atoms with E-state index < -0.39 is 0 Å². The number of fused-ring (bicyclic) bond motifs is 1. The van der Waals surface area contributed by atoms with Crippen molar-refractivity contribution in [1.82, 2.24) is 15.2 Å². The molecule has 0 aliphatic carbocycles. The topological polar surface area (TPSA) is 31.4 Å². The average molecular weight is 361 g/mol. The maximum atomic E-state index is 4.59. The van der Waals surface area contributed by atoms with Crippen LogP contribution in [0, 0.1) is 0 Å². The van der Waals surface area contributed by atoms with Crippen molar-refractivity contribution >= 4 is 16.6 Å². The second kappa shape index (κ2) is 8.07. The maximum absolute atomic E-state index is 4.59. The highest BCUT2D eigenvalue weighted by atomic mass is 15.3. The zero-order valence-corrected chi connectivity index (χ0v) is 16.2. The summed E-state index contributed by atoms with van der Waals surface area (Å²) in [4.78, 5) is 9.34. The second-order valence-corrected chi connectivity index (χ2v) is 7.52. The first kappa shape index (κ1) is 18.0. The van der Waals surface area contributed by atoms with E-state index in [4.69, 9.17) is 0 Å².